The van der Waals surface area contributed by atoms with Crippen LogP contribution < -0.4 is 10.2 Å². The minimum Gasteiger partial charge on any atom is -0.346 e. The Kier molecular flexibility index (Phi) is 5.26. The van der Waals surface area contributed by atoms with E-state index < -0.39 is 0 Å². The summed E-state index contributed by atoms with van der Waals surface area (Å²) in [5, 5.41) is 11.7. The number of hydrogen-bond donors (Lipinski definition) is 1. The molecule has 23 heavy (non-hydrogen) atoms. The minimum absolute atomic E-state index is 0.115. The quantitative estimate of drug-likeness (QED) is 0.917. The van der Waals surface area contributed by atoms with Crippen LogP contribution in [0.2, 0.25) is 0 Å². The fourth-order valence-corrected chi connectivity index (χ4v) is 2.26. The molecule has 0 fully saturated rings. The van der Waals surface area contributed by atoms with Crippen molar-refractivity contribution in [1.82, 2.24) is 9.97 Å². The zero-order valence-corrected chi connectivity index (χ0v) is 13.5. The van der Waals surface area contributed by atoms with E-state index in [2.05, 4.69) is 15.3 Å². The van der Waals surface area contributed by atoms with Gasteiger partial charge in [-0.2, -0.15) is 5.26 Å². The van der Waals surface area contributed by atoms with Crippen LogP contribution in [0.3, 0.4) is 0 Å². The normalized spacial score (nSPS) is 10.0. The molecule has 118 valence electrons. The van der Waals surface area contributed by atoms with Gasteiger partial charge >= 0.3 is 0 Å². The monoisotopic (exact) mass is 309 g/mol. The smallest absolute Gasteiger partial charge is 0.243 e. The Balaban J connectivity index is 2.09. The predicted molar refractivity (Wildman–Crippen MR) is 89.2 cm³/mol. The summed E-state index contributed by atoms with van der Waals surface area (Å²) in [5.41, 5.74) is 3.16. The lowest BCUT2D eigenvalue weighted by Crippen LogP contribution is -2.34. The molecule has 0 radical (unpaired) electrons. The first-order valence-electron chi connectivity index (χ1n) is 7.38. The highest BCUT2D eigenvalue weighted by atomic mass is 16.2. The van der Waals surface area contributed by atoms with Gasteiger partial charge in [-0.3, -0.25) is 4.79 Å². The molecule has 1 amide bonds. The number of anilines is 2. The highest BCUT2D eigenvalue weighted by Gasteiger charge is 2.13. The van der Waals surface area contributed by atoms with Gasteiger partial charge < -0.3 is 10.2 Å². The van der Waals surface area contributed by atoms with Gasteiger partial charge in [-0.05, 0) is 31.9 Å². The molecule has 2 aromatic rings. The number of nitrogens with one attached hydrogen (secondary N) is 1. The van der Waals surface area contributed by atoms with E-state index in [4.69, 9.17) is 5.26 Å². The molecule has 6 heteroatoms. The number of benzene rings is 1. The van der Waals surface area contributed by atoms with Crippen molar-refractivity contribution in [3.05, 3.63) is 47.4 Å². The van der Waals surface area contributed by atoms with Crippen molar-refractivity contribution < 1.29 is 4.79 Å². The SMILES string of the molecule is CCN(CC(=O)Nc1c(C)cccc1C)c1cnc(C#N)cn1. The van der Waals surface area contributed by atoms with Gasteiger partial charge in [0.15, 0.2) is 5.69 Å². The van der Waals surface area contributed by atoms with Crippen molar-refractivity contribution in [2.75, 3.05) is 23.3 Å². The molecule has 1 N–H and O–H groups in total. The second-order valence-corrected chi connectivity index (χ2v) is 5.20. The molecule has 0 aliphatic carbocycles. The second-order valence-electron chi connectivity index (χ2n) is 5.20. The van der Waals surface area contributed by atoms with Crippen LogP contribution in [0.15, 0.2) is 30.6 Å². The molecule has 0 aliphatic heterocycles. The van der Waals surface area contributed by atoms with Crippen molar-refractivity contribution in [3.63, 3.8) is 0 Å². The Morgan fingerprint density at radius 3 is 2.48 bits per heavy atom. The van der Waals surface area contributed by atoms with Crippen molar-refractivity contribution >= 4 is 17.4 Å². The van der Waals surface area contributed by atoms with Gasteiger partial charge in [0.25, 0.3) is 0 Å². The molecule has 6 nitrogen and oxygen atoms in total. The van der Waals surface area contributed by atoms with Crippen LogP contribution in [-0.4, -0.2) is 29.0 Å². The van der Waals surface area contributed by atoms with Crippen LogP contribution in [0.4, 0.5) is 11.5 Å². The zero-order valence-electron chi connectivity index (χ0n) is 13.5. The highest BCUT2D eigenvalue weighted by molar-refractivity contribution is 5.95. The third-order valence-electron chi connectivity index (χ3n) is 3.54. The molecule has 0 saturated heterocycles. The number of nitrogens with zero attached hydrogens (tertiary/aromatic N) is 4. The largest absolute Gasteiger partial charge is 0.346 e. The van der Waals surface area contributed by atoms with E-state index >= 15 is 0 Å². The highest BCUT2D eigenvalue weighted by Crippen LogP contribution is 2.19. The second kappa shape index (κ2) is 7.36. The van der Waals surface area contributed by atoms with E-state index in [-0.39, 0.29) is 18.1 Å². The lowest BCUT2D eigenvalue weighted by Gasteiger charge is -2.21. The fraction of sp³-hybridized carbons (Fsp3) is 0.294. The van der Waals surface area contributed by atoms with Gasteiger partial charge in [0, 0.05) is 12.2 Å². The molecule has 0 atom stereocenters. The predicted octanol–water partition coefficient (Wildman–Crippen LogP) is 2.43. The minimum atomic E-state index is -0.115. The standard InChI is InChI=1S/C17H19N5O/c1-4-22(15-10-19-14(8-18)9-20-15)11-16(23)21-17-12(2)6-5-7-13(17)3/h5-7,9-10H,4,11H2,1-3H3,(H,21,23). The molecule has 0 spiro atoms. The Hall–Kier alpha value is -2.94. The number of carbonyl (C=O) groups is 1. The van der Waals surface area contributed by atoms with Gasteiger partial charge in [0.05, 0.1) is 18.9 Å². The first-order valence-corrected chi connectivity index (χ1v) is 7.38. The molecule has 0 aliphatic rings. The summed E-state index contributed by atoms with van der Waals surface area (Å²) < 4.78 is 0. The van der Waals surface area contributed by atoms with Crippen LogP contribution >= 0.6 is 0 Å². The van der Waals surface area contributed by atoms with Crippen LogP contribution in [0, 0.1) is 25.2 Å². The summed E-state index contributed by atoms with van der Waals surface area (Å²) in [6.07, 6.45) is 2.91. The first kappa shape index (κ1) is 16.4. The van der Waals surface area contributed by atoms with Crippen LogP contribution in [0.1, 0.15) is 23.7 Å². The van der Waals surface area contributed by atoms with Gasteiger partial charge in [-0.25, -0.2) is 9.97 Å². The Bertz CT molecular complexity index is 713. The molecule has 0 unspecified atom stereocenters. The number of amides is 1. The van der Waals surface area contributed by atoms with E-state index in [1.54, 1.807) is 4.90 Å². The third kappa shape index (κ3) is 4.04. The molecule has 1 aromatic heterocycles. The van der Waals surface area contributed by atoms with Crippen molar-refractivity contribution in [2.45, 2.75) is 20.8 Å². The van der Waals surface area contributed by atoms with Crippen LogP contribution in [0.5, 0.6) is 0 Å². The molecule has 0 bridgehead atoms. The fourth-order valence-electron chi connectivity index (χ4n) is 2.26. The Morgan fingerprint density at radius 1 is 1.26 bits per heavy atom. The molecule has 1 heterocycles. The van der Waals surface area contributed by atoms with Crippen molar-refractivity contribution in [1.29, 1.82) is 5.26 Å². The summed E-state index contributed by atoms with van der Waals surface area (Å²) in [5.74, 6) is 0.457. The summed E-state index contributed by atoms with van der Waals surface area (Å²) in [4.78, 5) is 22.3. The van der Waals surface area contributed by atoms with Gasteiger partial charge in [-0.1, -0.05) is 18.2 Å². The number of hydrogen-bond acceptors (Lipinski definition) is 5. The van der Waals surface area contributed by atoms with E-state index in [1.807, 2.05) is 45.0 Å². The average Bonchev–Trinajstić information content (AvgIpc) is 2.56. The third-order valence-corrected chi connectivity index (χ3v) is 3.54. The number of nitriles is 1. The number of rotatable bonds is 5. The lowest BCUT2D eigenvalue weighted by atomic mass is 10.1. The van der Waals surface area contributed by atoms with Gasteiger partial charge in [-0.15, -0.1) is 0 Å². The molecule has 2 rings (SSSR count). The van der Waals surface area contributed by atoms with Gasteiger partial charge in [0.2, 0.25) is 5.91 Å². The number of likely N-dealkylation sites (N-methyl/N-ethyl adjacent to an activating group) is 1. The topological polar surface area (TPSA) is 81.9 Å². The summed E-state index contributed by atoms with van der Waals surface area (Å²) in [6, 6.07) is 7.82. The van der Waals surface area contributed by atoms with E-state index in [0.29, 0.717) is 12.4 Å². The Morgan fingerprint density at radius 2 is 1.96 bits per heavy atom. The molecule has 0 saturated carbocycles. The van der Waals surface area contributed by atoms with Gasteiger partial charge in [0.1, 0.15) is 11.9 Å². The number of para-hydroxylation sites is 1. The number of aromatic nitrogens is 2. The molecule has 1 aromatic carbocycles. The average molecular weight is 309 g/mol. The summed E-state index contributed by atoms with van der Waals surface area (Å²) in [7, 11) is 0. The van der Waals surface area contributed by atoms with Crippen molar-refractivity contribution in [2.24, 2.45) is 0 Å². The maximum Gasteiger partial charge on any atom is 0.243 e. The summed E-state index contributed by atoms with van der Waals surface area (Å²) >= 11 is 0. The van der Waals surface area contributed by atoms with Crippen LogP contribution in [0.25, 0.3) is 0 Å². The van der Waals surface area contributed by atoms with E-state index in [0.717, 1.165) is 16.8 Å². The molecular formula is C17H19N5O. The zero-order chi connectivity index (χ0) is 16.8. The number of aryl methyl sites for hydroxylation is 2. The first-order chi connectivity index (χ1) is 11.0. The maximum absolute atomic E-state index is 12.3. The van der Waals surface area contributed by atoms with E-state index in [1.165, 1.54) is 12.4 Å². The maximum atomic E-state index is 12.3. The number of carbonyl (C=O) groups excluding carboxylic acids is 1. The Labute approximate surface area is 135 Å². The van der Waals surface area contributed by atoms with Crippen LogP contribution in [-0.2, 0) is 4.79 Å². The van der Waals surface area contributed by atoms with Crippen molar-refractivity contribution in [3.8, 4) is 6.07 Å². The summed E-state index contributed by atoms with van der Waals surface area (Å²) in [6.45, 7) is 6.65. The van der Waals surface area contributed by atoms with E-state index in [9.17, 15) is 4.79 Å². The lowest BCUT2D eigenvalue weighted by molar-refractivity contribution is -0.115. The molecular weight excluding hydrogens is 290 g/mol.